The maximum atomic E-state index is 6.53. The van der Waals surface area contributed by atoms with Gasteiger partial charge in [0.25, 0.3) is 0 Å². The van der Waals surface area contributed by atoms with Crippen LogP contribution in [0.3, 0.4) is 0 Å². The van der Waals surface area contributed by atoms with E-state index in [4.69, 9.17) is 24.4 Å². The molecule has 0 atom stereocenters. The Morgan fingerprint density at radius 3 is 1.82 bits per heavy atom. The van der Waals surface area contributed by atoms with Crippen LogP contribution in [-0.2, 0) is 0 Å². The standard InChI is InChI=1S/C40H24N4O/c1-3-11-25(12-4-1)38-42-39(26-13-5-2-6-14-26)44-40(43-38)34-23-28(22-33-32-16-8-10-18-36(32)45-37(33)34)27-19-20-30-29(21-27)24-41-35-17-9-7-15-31(30)35/h1-24H. The molecule has 0 aliphatic rings. The highest BCUT2D eigenvalue weighted by molar-refractivity contribution is 6.12. The number of para-hydroxylation sites is 2. The van der Waals surface area contributed by atoms with Gasteiger partial charge in [-0.1, -0.05) is 109 Å². The molecule has 3 aromatic heterocycles. The van der Waals surface area contributed by atoms with E-state index in [1.54, 1.807) is 0 Å². The van der Waals surface area contributed by atoms with Crippen molar-refractivity contribution in [2.45, 2.75) is 0 Å². The van der Waals surface area contributed by atoms with Gasteiger partial charge in [-0.3, -0.25) is 4.98 Å². The molecule has 5 nitrogen and oxygen atoms in total. The minimum atomic E-state index is 0.557. The van der Waals surface area contributed by atoms with E-state index in [2.05, 4.69) is 54.6 Å². The fourth-order valence-electron chi connectivity index (χ4n) is 6.14. The van der Waals surface area contributed by atoms with E-state index in [-0.39, 0.29) is 0 Å². The molecular formula is C40H24N4O. The Morgan fingerprint density at radius 1 is 0.422 bits per heavy atom. The van der Waals surface area contributed by atoms with Crippen LogP contribution in [-0.4, -0.2) is 19.9 Å². The number of hydrogen-bond acceptors (Lipinski definition) is 5. The van der Waals surface area contributed by atoms with Crippen molar-refractivity contribution in [3.8, 4) is 45.3 Å². The second kappa shape index (κ2) is 10.2. The molecule has 0 saturated carbocycles. The third kappa shape index (κ3) is 4.33. The van der Waals surface area contributed by atoms with Crippen molar-refractivity contribution in [1.82, 2.24) is 19.9 Å². The largest absolute Gasteiger partial charge is 0.455 e. The van der Waals surface area contributed by atoms with Crippen LogP contribution in [0.1, 0.15) is 0 Å². The quantitative estimate of drug-likeness (QED) is 0.195. The van der Waals surface area contributed by atoms with Gasteiger partial charge in [0.15, 0.2) is 17.5 Å². The lowest BCUT2D eigenvalue weighted by Gasteiger charge is -2.11. The van der Waals surface area contributed by atoms with Gasteiger partial charge in [-0.25, -0.2) is 15.0 Å². The Bertz CT molecular complexity index is 2480. The monoisotopic (exact) mass is 576 g/mol. The van der Waals surface area contributed by atoms with E-state index < -0.39 is 0 Å². The lowest BCUT2D eigenvalue weighted by atomic mass is 9.96. The predicted molar refractivity (Wildman–Crippen MR) is 182 cm³/mol. The van der Waals surface area contributed by atoms with Gasteiger partial charge in [-0.2, -0.15) is 0 Å². The zero-order valence-electron chi connectivity index (χ0n) is 24.1. The van der Waals surface area contributed by atoms with E-state index >= 15 is 0 Å². The first-order valence-corrected chi connectivity index (χ1v) is 14.9. The molecule has 0 spiro atoms. The average molecular weight is 577 g/mol. The van der Waals surface area contributed by atoms with Crippen LogP contribution in [0.2, 0.25) is 0 Å². The van der Waals surface area contributed by atoms with Gasteiger partial charge in [-0.05, 0) is 46.8 Å². The van der Waals surface area contributed by atoms with E-state index in [0.717, 1.165) is 66.0 Å². The first-order chi connectivity index (χ1) is 22.3. The zero-order valence-corrected chi connectivity index (χ0v) is 24.1. The van der Waals surface area contributed by atoms with Gasteiger partial charge in [0, 0.05) is 38.9 Å². The molecule has 0 fully saturated rings. The average Bonchev–Trinajstić information content (AvgIpc) is 3.50. The fourth-order valence-corrected chi connectivity index (χ4v) is 6.14. The highest BCUT2D eigenvalue weighted by Gasteiger charge is 2.20. The van der Waals surface area contributed by atoms with Crippen molar-refractivity contribution in [3.63, 3.8) is 0 Å². The van der Waals surface area contributed by atoms with Crippen molar-refractivity contribution in [3.05, 3.63) is 146 Å². The summed E-state index contributed by atoms with van der Waals surface area (Å²) in [5.74, 6) is 1.78. The van der Waals surface area contributed by atoms with Gasteiger partial charge < -0.3 is 4.42 Å². The van der Waals surface area contributed by atoms with Crippen LogP contribution in [0.4, 0.5) is 0 Å². The van der Waals surface area contributed by atoms with E-state index in [1.807, 2.05) is 91.1 Å². The number of rotatable bonds is 4. The fraction of sp³-hybridized carbons (Fsp3) is 0. The number of aromatic nitrogens is 4. The lowest BCUT2D eigenvalue weighted by Crippen LogP contribution is -2.00. The SMILES string of the molecule is c1ccc(-c2nc(-c3ccccc3)nc(-c3cc(-c4ccc5c(cnc6ccccc65)c4)cc4c3oc3ccccc34)n2)cc1. The second-order valence-corrected chi connectivity index (χ2v) is 11.1. The molecule has 3 heterocycles. The molecule has 0 aliphatic carbocycles. The van der Waals surface area contributed by atoms with Crippen molar-refractivity contribution in [1.29, 1.82) is 0 Å². The summed E-state index contributed by atoms with van der Waals surface area (Å²) in [5, 5.41) is 5.47. The summed E-state index contributed by atoms with van der Waals surface area (Å²) >= 11 is 0. The van der Waals surface area contributed by atoms with Gasteiger partial charge >= 0.3 is 0 Å². The van der Waals surface area contributed by atoms with Gasteiger partial charge in [-0.15, -0.1) is 0 Å². The Kier molecular flexibility index (Phi) is 5.74. The van der Waals surface area contributed by atoms with Crippen LogP contribution in [0.5, 0.6) is 0 Å². The van der Waals surface area contributed by atoms with Gasteiger partial charge in [0.05, 0.1) is 11.1 Å². The normalized spacial score (nSPS) is 11.6. The molecule has 0 saturated heterocycles. The summed E-state index contributed by atoms with van der Waals surface area (Å²) in [5.41, 5.74) is 7.33. The van der Waals surface area contributed by atoms with Gasteiger partial charge in [0.2, 0.25) is 0 Å². The molecule has 0 radical (unpaired) electrons. The van der Waals surface area contributed by atoms with E-state index in [0.29, 0.717) is 17.5 Å². The second-order valence-electron chi connectivity index (χ2n) is 11.1. The van der Waals surface area contributed by atoms with Crippen LogP contribution in [0.15, 0.2) is 150 Å². The Hall–Kier alpha value is -6.20. The molecule has 0 unspecified atom stereocenters. The van der Waals surface area contributed by atoms with Crippen LogP contribution >= 0.6 is 0 Å². The predicted octanol–water partition coefficient (Wildman–Crippen LogP) is 10.1. The highest BCUT2D eigenvalue weighted by Crippen LogP contribution is 2.40. The minimum absolute atomic E-state index is 0.557. The Balaban J connectivity index is 1.31. The van der Waals surface area contributed by atoms with Crippen LogP contribution in [0.25, 0.3) is 88.9 Å². The number of benzene rings is 6. The number of pyridine rings is 1. The van der Waals surface area contributed by atoms with Crippen molar-refractivity contribution < 1.29 is 4.42 Å². The van der Waals surface area contributed by atoms with Crippen LogP contribution in [0, 0.1) is 0 Å². The molecule has 210 valence electrons. The third-order valence-electron chi connectivity index (χ3n) is 8.34. The summed E-state index contributed by atoms with van der Waals surface area (Å²) in [6.45, 7) is 0. The Morgan fingerprint density at radius 2 is 1.07 bits per heavy atom. The lowest BCUT2D eigenvalue weighted by molar-refractivity contribution is 0.669. The minimum Gasteiger partial charge on any atom is -0.455 e. The van der Waals surface area contributed by atoms with Crippen molar-refractivity contribution in [2.75, 3.05) is 0 Å². The highest BCUT2D eigenvalue weighted by atomic mass is 16.3. The molecule has 0 aliphatic heterocycles. The van der Waals surface area contributed by atoms with Gasteiger partial charge in [0.1, 0.15) is 11.2 Å². The van der Waals surface area contributed by atoms with E-state index in [1.165, 1.54) is 5.39 Å². The molecule has 9 aromatic rings. The summed E-state index contributed by atoms with van der Waals surface area (Å²) in [6.07, 6.45) is 1.96. The van der Waals surface area contributed by atoms with Crippen molar-refractivity contribution >= 4 is 43.6 Å². The molecule has 5 heteroatoms. The van der Waals surface area contributed by atoms with Crippen LogP contribution < -0.4 is 0 Å². The maximum Gasteiger partial charge on any atom is 0.167 e. The first kappa shape index (κ1) is 25.3. The summed E-state index contributed by atoms with van der Waals surface area (Å²) < 4.78 is 6.53. The maximum absolute atomic E-state index is 6.53. The summed E-state index contributed by atoms with van der Waals surface area (Å²) in [6, 6.07) is 47.4. The number of furan rings is 1. The third-order valence-corrected chi connectivity index (χ3v) is 8.34. The molecule has 0 amide bonds. The first-order valence-electron chi connectivity index (χ1n) is 14.9. The topological polar surface area (TPSA) is 64.7 Å². The summed E-state index contributed by atoms with van der Waals surface area (Å²) in [4.78, 5) is 19.7. The molecule has 9 rings (SSSR count). The molecule has 0 bridgehead atoms. The molecule has 0 N–H and O–H groups in total. The number of hydrogen-bond donors (Lipinski definition) is 0. The van der Waals surface area contributed by atoms with Crippen molar-refractivity contribution in [2.24, 2.45) is 0 Å². The smallest absolute Gasteiger partial charge is 0.167 e. The number of nitrogens with zero attached hydrogens (tertiary/aromatic N) is 4. The summed E-state index contributed by atoms with van der Waals surface area (Å²) in [7, 11) is 0. The number of fused-ring (bicyclic) bond motifs is 6. The Labute approximate surface area is 258 Å². The molecular weight excluding hydrogens is 552 g/mol. The molecule has 45 heavy (non-hydrogen) atoms. The molecule has 6 aromatic carbocycles. The zero-order chi connectivity index (χ0) is 29.7. The van der Waals surface area contributed by atoms with E-state index in [9.17, 15) is 0 Å².